The van der Waals surface area contributed by atoms with Gasteiger partial charge in [0.15, 0.2) is 5.79 Å². The second-order valence-corrected chi connectivity index (χ2v) is 11.3. The van der Waals surface area contributed by atoms with Gasteiger partial charge in [-0.2, -0.15) is 0 Å². The highest BCUT2D eigenvalue weighted by atomic mass is 19.1. The van der Waals surface area contributed by atoms with Crippen LogP contribution in [0.5, 0.6) is 0 Å². The average molecular weight is 546 g/mol. The van der Waals surface area contributed by atoms with Gasteiger partial charge in [0.25, 0.3) is 0 Å². The van der Waals surface area contributed by atoms with Crippen LogP contribution in [0.1, 0.15) is 75.4 Å². The first-order chi connectivity index (χ1) is 19.0. The molecule has 2 atom stereocenters. The number of rotatable bonds is 6. The molecule has 0 unspecified atom stereocenters. The minimum atomic E-state index is -0.918. The molecule has 0 amide bonds. The number of fused-ring (bicyclic) bond motifs is 3. The van der Waals surface area contributed by atoms with Crippen molar-refractivity contribution in [3.05, 3.63) is 70.8 Å². The number of anilines is 1. The minimum absolute atomic E-state index is 0.0874. The number of nitrogen functional groups attached to an aromatic ring is 1. The fraction of sp³-hybridized carbons (Fsp3) is 0.406. The van der Waals surface area contributed by atoms with E-state index in [4.69, 9.17) is 20.2 Å². The molecular formula is C32H36FN3O4. The Bertz CT molecular complexity index is 1450. The van der Waals surface area contributed by atoms with Crippen molar-refractivity contribution < 1.29 is 23.8 Å². The number of carboxylic acids is 1. The molecule has 1 saturated heterocycles. The van der Waals surface area contributed by atoms with Gasteiger partial charge < -0.3 is 20.3 Å². The molecule has 0 spiro atoms. The maximum Gasteiger partial charge on any atom is 0.305 e. The van der Waals surface area contributed by atoms with Crippen molar-refractivity contribution in [2.75, 3.05) is 5.73 Å². The van der Waals surface area contributed by atoms with Gasteiger partial charge in [0.1, 0.15) is 11.6 Å². The van der Waals surface area contributed by atoms with E-state index in [0.717, 1.165) is 64.2 Å². The molecule has 2 aromatic heterocycles. The van der Waals surface area contributed by atoms with E-state index in [1.54, 1.807) is 13.8 Å². The number of hydrogen-bond donors (Lipinski definition) is 2. The number of hydrogen-bond acceptors (Lipinski definition) is 6. The Morgan fingerprint density at radius 2 is 1.90 bits per heavy atom. The Labute approximate surface area is 234 Å². The Morgan fingerprint density at radius 1 is 1.15 bits per heavy atom. The standard InChI is InChI=1S/C32H36FN3O4/c1-18(2)30-25(13-12-21-16-22(17-28(37)38)40-32(3,4)39-21)29(19-8-10-20(33)11-9-19)24-6-5-7-26-23(31(24)36-30)14-15-27(34)35-26/h8-15,18,21-22H,5-7,16-17H2,1-4H3,(H2,34,35)(H,37,38)/b13-12+/t21-,22-/m1/s1. The third-order valence-electron chi connectivity index (χ3n) is 7.40. The molecule has 1 aliphatic carbocycles. The van der Waals surface area contributed by atoms with Crippen LogP contribution in [0, 0.1) is 5.82 Å². The first kappa shape index (κ1) is 27.9. The lowest BCUT2D eigenvalue weighted by Gasteiger charge is -2.39. The first-order valence-corrected chi connectivity index (χ1v) is 13.8. The maximum absolute atomic E-state index is 14.0. The summed E-state index contributed by atoms with van der Waals surface area (Å²) in [5.74, 6) is -1.54. The molecule has 3 aromatic rings. The molecule has 0 bridgehead atoms. The van der Waals surface area contributed by atoms with Crippen LogP contribution < -0.4 is 5.73 Å². The topological polar surface area (TPSA) is 108 Å². The van der Waals surface area contributed by atoms with E-state index in [-0.39, 0.29) is 24.3 Å². The van der Waals surface area contributed by atoms with E-state index >= 15 is 0 Å². The van der Waals surface area contributed by atoms with Crippen molar-refractivity contribution in [1.82, 2.24) is 9.97 Å². The lowest BCUT2D eigenvalue weighted by atomic mass is 9.86. The third-order valence-corrected chi connectivity index (χ3v) is 7.40. The van der Waals surface area contributed by atoms with Crippen LogP contribution in [0.25, 0.3) is 28.5 Å². The number of ether oxygens (including phenoxy) is 2. The summed E-state index contributed by atoms with van der Waals surface area (Å²) in [5.41, 5.74) is 13.7. The summed E-state index contributed by atoms with van der Waals surface area (Å²) in [7, 11) is 0. The molecule has 5 rings (SSSR count). The van der Waals surface area contributed by atoms with Crippen LogP contribution in [0.15, 0.2) is 42.5 Å². The summed E-state index contributed by atoms with van der Waals surface area (Å²) in [6.45, 7) is 7.81. The lowest BCUT2D eigenvalue weighted by molar-refractivity contribution is -0.290. The zero-order chi connectivity index (χ0) is 28.6. The van der Waals surface area contributed by atoms with Gasteiger partial charge in [-0.05, 0) is 80.0 Å². The monoisotopic (exact) mass is 545 g/mol. The van der Waals surface area contributed by atoms with E-state index in [2.05, 4.69) is 18.8 Å². The predicted molar refractivity (Wildman–Crippen MR) is 153 cm³/mol. The van der Waals surface area contributed by atoms with Crippen LogP contribution >= 0.6 is 0 Å². The van der Waals surface area contributed by atoms with E-state index < -0.39 is 17.9 Å². The number of halogens is 1. The summed E-state index contributed by atoms with van der Waals surface area (Å²) >= 11 is 0. The number of pyridine rings is 2. The fourth-order valence-electron chi connectivity index (χ4n) is 5.83. The van der Waals surface area contributed by atoms with Gasteiger partial charge in [0.2, 0.25) is 0 Å². The smallest absolute Gasteiger partial charge is 0.305 e. The van der Waals surface area contributed by atoms with Crippen LogP contribution in [0.3, 0.4) is 0 Å². The number of carbonyl (C=O) groups is 1. The Morgan fingerprint density at radius 3 is 2.60 bits per heavy atom. The molecular weight excluding hydrogens is 509 g/mol. The molecule has 2 aliphatic rings. The van der Waals surface area contributed by atoms with Crippen molar-refractivity contribution in [2.45, 2.75) is 83.7 Å². The molecule has 1 aliphatic heterocycles. The number of nitrogens with zero attached hydrogens (tertiary/aromatic N) is 2. The van der Waals surface area contributed by atoms with Crippen LogP contribution in [0.4, 0.5) is 10.2 Å². The number of aryl methyl sites for hydroxylation is 1. The van der Waals surface area contributed by atoms with Crippen LogP contribution in [0.2, 0.25) is 0 Å². The van der Waals surface area contributed by atoms with Gasteiger partial charge in [-0.3, -0.25) is 9.78 Å². The third kappa shape index (κ3) is 5.93. The number of aliphatic carboxylic acids is 1. The Kier molecular flexibility index (Phi) is 7.75. The van der Waals surface area contributed by atoms with Gasteiger partial charge in [-0.25, -0.2) is 9.37 Å². The molecule has 1 fully saturated rings. The van der Waals surface area contributed by atoms with Crippen molar-refractivity contribution in [3.63, 3.8) is 0 Å². The summed E-state index contributed by atoms with van der Waals surface area (Å²) in [4.78, 5) is 21.3. The quantitative estimate of drug-likeness (QED) is 0.362. The van der Waals surface area contributed by atoms with Gasteiger partial charge in [0, 0.05) is 17.5 Å². The van der Waals surface area contributed by atoms with E-state index in [1.807, 2.05) is 36.4 Å². The highest BCUT2D eigenvalue weighted by Crippen LogP contribution is 2.42. The molecule has 0 radical (unpaired) electrons. The second-order valence-electron chi connectivity index (χ2n) is 11.3. The highest BCUT2D eigenvalue weighted by molar-refractivity contribution is 5.85. The van der Waals surface area contributed by atoms with Gasteiger partial charge >= 0.3 is 5.97 Å². The summed E-state index contributed by atoms with van der Waals surface area (Å²) in [6.07, 6.45) is 6.00. The Hall–Kier alpha value is -3.62. The van der Waals surface area contributed by atoms with Crippen molar-refractivity contribution in [2.24, 2.45) is 0 Å². The Balaban J connectivity index is 1.68. The highest BCUT2D eigenvalue weighted by Gasteiger charge is 2.35. The van der Waals surface area contributed by atoms with Gasteiger partial charge in [0.05, 0.1) is 35.7 Å². The van der Waals surface area contributed by atoms with Crippen molar-refractivity contribution in [3.8, 4) is 22.4 Å². The normalized spacial score (nSPS) is 20.2. The number of benzene rings is 1. The zero-order valence-corrected chi connectivity index (χ0v) is 23.4. The SMILES string of the molecule is CC(C)c1nc2c(c(-c3ccc(F)cc3)c1/C=C/[C@@H]1C[C@H](CC(=O)O)OC(C)(C)O1)CCCc1nc(N)ccc1-2. The number of carboxylic acid groups (broad SMARTS) is 1. The molecule has 0 saturated carbocycles. The maximum atomic E-state index is 14.0. The van der Waals surface area contributed by atoms with Gasteiger partial charge in [-0.1, -0.05) is 38.1 Å². The van der Waals surface area contributed by atoms with Crippen molar-refractivity contribution >= 4 is 17.9 Å². The first-order valence-electron chi connectivity index (χ1n) is 13.8. The lowest BCUT2D eigenvalue weighted by Crippen LogP contribution is -2.44. The second kappa shape index (κ2) is 11.1. The average Bonchev–Trinajstić information content (AvgIpc) is 3.04. The van der Waals surface area contributed by atoms with Crippen LogP contribution in [-0.4, -0.2) is 39.0 Å². The molecule has 7 nitrogen and oxygen atoms in total. The summed E-state index contributed by atoms with van der Waals surface area (Å²) in [5, 5.41) is 9.34. The van der Waals surface area contributed by atoms with Crippen molar-refractivity contribution in [1.29, 1.82) is 0 Å². The molecule has 40 heavy (non-hydrogen) atoms. The molecule has 1 aromatic carbocycles. The predicted octanol–water partition coefficient (Wildman–Crippen LogP) is 6.54. The van der Waals surface area contributed by atoms with E-state index in [0.29, 0.717) is 12.2 Å². The van der Waals surface area contributed by atoms with E-state index in [1.165, 1.54) is 12.1 Å². The van der Waals surface area contributed by atoms with E-state index in [9.17, 15) is 14.3 Å². The minimum Gasteiger partial charge on any atom is -0.481 e. The molecule has 3 N–H and O–H groups in total. The summed E-state index contributed by atoms with van der Waals surface area (Å²) in [6, 6.07) is 10.4. The van der Waals surface area contributed by atoms with Crippen LogP contribution in [-0.2, 0) is 27.1 Å². The fourth-order valence-corrected chi connectivity index (χ4v) is 5.83. The largest absolute Gasteiger partial charge is 0.481 e. The molecule has 3 heterocycles. The van der Waals surface area contributed by atoms with Gasteiger partial charge in [-0.15, -0.1) is 0 Å². The summed E-state index contributed by atoms with van der Waals surface area (Å²) < 4.78 is 26.1. The molecule has 8 heteroatoms. The number of aromatic nitrogens is 2. The molecule has 210 valence electrons. The zero-order valence-electron chi connectivity index (χ0n) is 23.4. The number of nitrogens with two attached hydrogens (primary N) is 1.